The summed E-state index contributed by atoms with van der Waals surface area (Å²) in [5, 5.41) is 7.04. The Balaban J connectivity index is 1.25. The van der Waals surface area contributed by atoms with E-state index in [0.29, 0.717) is 18.3 Å². The SMILES string of the molecule is COc1cccc(-c2ccc(CNC(=O)[C@H]3C[C@@H]3c3nc(C)no3)c3c2CCN(C2(C)COC2)C3)c1. The third-order valence-corrected chi connectivity index (χ3v) is 7.92. The van der Waals surface area contributed by atoms with E-state index in [4.69, 9.17) is 14.0 Å². The molecule has 1 saturated carbocycles. The van der Waals surface area contributed by atoms with Crippen molar-refractivity contribution in [1.29, 1.82) is 0 Å². The van der Waals surface area contributed by atoms with Gasteiger partial charge in [-0.3, -0.25) is 9.69 Å². The van der Waals surface area contributed by atoms with E-state index in [1.807, 2.05) is 12.1 Å². The van der Waals surface area contributed by atoms with Crippen molar-refractivity contribution in [2.75, 3.05) is 26.9 Å². The molecule has 1 N–H and O–H groups in total. The maximum absolute atomic E-state index is 12.9. The number of carbonyl (C=O) groups is 1. The number of hydrogen-bond donors (Lipinski definition) is 1. The number of nitrogens with zero attached hydrogens (tertiary/aromatic N) is 3. The van der Waals surface area contributed by atoms with Crippen LogP contribution in [0.25, 0.3) is 11.1 Å². The summed E-state index contributed by atoms with van der Waals surface area (Å²) in [6.07, 6.45) is 1.72. The second kappa shape index (κ2) is 9.01. The van der Waals surface area contributed by atoms with Crippen LogP contribution in [0.2, 0.25) is 0 Å². The minimum absolute atomic E-state index is 0.0320. The molecule has 0 unspecified atom stereocenters. The van der Waals surface area contributed by atoms with Crippen LogP contribution in [-0.4, -0.2) is 53.4 Å². The van der Waals surface area contributed by atoms with Crippen molar-refractivity contribution < 1.29 is 18.8 Å². The number of nitrogens with one attached hydrogen (secondary N) is 1. The molecular weight excluding hydrogens is 456 g/mol. The summed E-state index contributed by atoms with van der Waals surface area (Å²) >= 11 is 0. The van der Waals surface area contributed by atoms with Crippen molar-refractivity contribution in [1.82, 2.24) is 20.4 Å². The molecule has 3 heterocycles. The number of amides is 1. The fourth-order valence-corrected chi connectivity index (χ4v) is 5.54. The summed E-state index contributed by atoms with van der Waals surface area (Å²) in [6, 6.07) is 12.6. The van der Waals surface area contributed by atoms with Crippen LogP contribution in [0.5, 0.6) is 5.75 Å². The third-order valence-electron chi connectivity index (χ3n) is 7.92. The maximum atomic E-state index is 12.9. The average molecular weight is 489 g/mol. The Labute approximate surface area is 211 Å². The first-order chi connectivity index (χ1) is 17.4. The molecule has 1 aromatic heterocycles. The summed E-state index contributed by atoms with van der Waals surface area (Å²) in [5.74, 6) is 2.01. The Bertz CT molecular complexity index is 1300. The predicted octanol–water partition coefficient (Wildman–Crippen LogP) is 3.62. The van der Waals surface area contributed by atoms with Crippen molar-refractivity contribution in [3.63, 3.8) is 0 Å². The summed E-state index contributed by atoms with van der Waals surface area (Å²) in [4.78, 5) is 19.8. The zero-order valence-corrected chi connectivity index (χ0v) is 21.0. The van der Waals surface area contributed by atoms with Gasteiger partial charge in [-0.25, -0.2) is 0 Å². The van der Waals surface area contributed by atoms with E-state index in [0.717, 1.165) is 50.5 Å². The average Bonchev–Trinajstić information content (AvgIpc) is 3.58. The fourth-order valence-electron chi connectivity index (χ4n) is 5.54. The lowest BCUT2D eigenvalue weighted by molar-refractivity contribution is -0.135. The number of aromatic nitrogens is 2. The van der Waals surface area contributed by atoms with Gasteiger partial charge in [-0.1, -0.05) is 29.4 Å². The van der Waals surface area contributed by atoms with E-state index in [-0.39, 0.29) is 23.3 Å². The molecular formula is C28H32N4O4. The molecule has 8 nitrogen and oxygen atoms in total. The second-order valence-corrected chi connectivity index (χ2v) is 10.5. The smallest absolute Gasteiger partial charge is 0.230 e. The Morgan fingerprint density at radius 1 is 1.25 bits per heavy atom. The zero-order valence-electron chi connectivity index (χ0n) is 21.0. The second-order valence-electron chi connectivity index (χ2n) is 10.5. The molecule has 0 bridgehead atoms. The van der Waals surface area contributed by atoms with E-state index in [2.05, 4.69) is 51.5 Å². The van der Waals surface area contributed by atoms with Gasteiger partial charge in [0.1, 0.15) is 5.75 Å². The van der Waals surface area contributed by atoms with Crippen LogP contribution < -0.4 is 10.1 Å². The zero-order chi connectivity index (χ0) is 24.9. The summed E-state index contributed by atoms with van der Waals surface area (Å²) in [7, 11) is 1.70. The first-order valence-electron chi connectivity index (χ1n) is 12.6. The van der Waals surface area contributed by atoms with E-state index >= 15 is 0 Å². The van der Waals surface area contributed by atoms with Crippen molar-refractivity contribution in [3.05, 3.63) is 64.8 Å². The van der Waals surface area contributed by atoms with Gasteiger partial charge in [0, 0.05) is 19.6 Å². The monoisotopic (exact) mass is 488 g/mol. The molecule has 1 aliphatic carbocycles. The molecule has 2 aromatic carbocycles. The number of hydrogen-bond acceptors (Lipinski definition) is 7. The number of methoxy groups -OCH3 is 1. The van der Waals surface area contributed by atoms with Crippen LogP contribution in [0.15, 0.2) is 40.9 Å². The van der Waals surface area contributed by atoms with Crippen molar-refractivity contribution in [2.24, 2.45) is 5.92 Å². The number of rotatable bonds is 7. The number of carbonyl (C=O) groups excluding carboxylic acids is 1. The molecule has 36 heavy (non-hydrogen) atoms. The highest BCUT2D eigenvalue weighted by atomic mass is 16.5. The molecule has 3 aliphatic rings. The van der Waals surface area contributed by atoms with Crippen LogP contribution in [0.4, 0.5) is 0 Å². The van der Waals surface area contributed by atoms with E-state index in [1.165, 1.54) is 22.3 Å². The van der Waals surface area contributed by atoms with Gasteiger partial charge < -0.3 is 19.3 Å². The van der Waals surface area contributed by atoms with Crippen LogP contribution in [0, 0.1) is 12.8 Å². The highest BCUT2D eigenvalue weighted by Gasteiger charge is 2.47. The molecule has 2 fully saturated rings. The summed E-state index contributed by atoms with van der Waals surface area (Å²) in [5.41, 5.74) is 6.32. The third kappa shape index (κ3) is 4.18. The lowest BCUT2D eigenvalue weighted by atomic mass is 9.85. The minimum atomic E-state index is -0.0979. The van der Waals surface area contributed by atoms with Crippen LogP contribution in [0.3, 0.4) is 0 Å². The highest BCUT2D eigenvalue weighted by molar-refractivity contribution is 5.82. The topological polar surface area (TPSA) is 89.7 Å². The fraction of sp³-hybridized carbons (Fsp3) is 0.464. The molecule has 0 spiro atoms. The molecule has 1 amide bonds. The van der Waals surface area contributed by atoms with Gasteiger partial charge in [-0.2, -0.15) is 4.98 Å². The van der Waals surface area contributed by atoms with Crippen molar-refractivity contribution in [2.45, 2.75) is 51.2 Å². The maximum Gasteiger partial charge on any atom is 0.230 e. The molecule has 8 heteroatoms. The van der Waals surface area contributed by atoms with Crippen LogP contribution >= 0.6 is 0 Å². The standard InChI is InChI=1S/C28H32N4O4/c1-17-30-27(36-31-17)24-12-23(24)26(33)29-13-19-7-8-21(18-5-4-6-20(11-18)34-3)22-9-10-32(14-25(19)22)28(2)15-35-16-28/h4-8,11,23-24H,9-10,12-16H2,1-3H3,(H,29,33)/t23-,24-/m0/s1. The number of fused-ring (bicyclic) bond motifs is 1. The molecule has 188 valence electrons. The number of aryl methyl sites for hydroxylation is 1. The largest absolute Gasteiger partial charge is 0.497 e. The van der Waals surface area contributed by atoms with Gasteiger partial charge in [0.05, 0.1) is 37.7 Å². The first-order valence-corrected chi connectivity index (χ1v) is 12.6. The van der Waals surface area contributed by atoms with Crippen LogP contribution in [0.1, 0.15) is 47.7 Å². The Morgan fingerprint density at radius 3 is 2.83 bits per heavy atom. The normalized spacial score (nSPS) is 22.4. The first kappa shape index (κ1) is 23.2. The molecule has 1 saturated heterocycles. The molecule has 6 rings (SSSR count). The van der Waals surface area contributed by atoms with Gasteiger partial charge in [0.2, 0.25) is 11.8 Å². The van der Waals surface area contributed by atoms with Crippen LogP contribution in [-0.2, 0) is 29.0 Å². The lowest BCUT2D eigenvalue weighted by Gasteiger charge is -2.49. The number of ether oxygens (including phenoxy) is 2. The van der Waals surface area contributed by atoms with Crippen molar-refractivity contribution in [3.8, 4) is 16.9 Å². The Hall–Kier alpha value is -3.23. The van der Waals surface area contributed by atoms with Gasteiger partial charge in [0.15, 0.2) is 5.82 Å². The van der Waals surface area contributed by atoms with E-state index in [1.54, 1.807) is 14.0 Å². The molecule has 2 aliphatic heterocycles. The Kier molecular flexibility index (Phi) is 5.80. The number of benzene rings is 2. The Morgan fingerprint density at radius 2 is 2.11 bits per heavy atom. The molecule has 3 aromatic rings. The highest BCUT2D eigenvalue weighted by Crippen LogP contribution is 2.47. The quantitative estimate of drug-likeness (QED) is 0.543. The summed E-state index contributed by atoms with van der Waals surface area (Å²) < 4.78 is 16.3. The van der Waals surface area contributed by atoms with Gasteiger partial charge >= 0.3 is 0 Å². The van der Waals surface area contributed by atoms with Gasteiger partial charge in [-0.15, -0.1) is 0 Å². The van der Waals surface area contributed by atoms with Gasteiger partial charge in [0.25, 0.3) is 0 Å². The lowest BCUT2D eigenvalue weighted by Crippen LogP contribution is -2.61. The van der Waals surface area contributed by atoms with Gasteiger partial charge in [-0.05, 0) is 66.6 Å². The molecule has 0 radical (unpaired) electrons. The van der Waals surface area contributed by atoms with E-state index < -0.39 is 0 Å². The summed E-state index contributed by atoms with van der Waals surface area (Å²) in [6.45, 7) is 7.96. The van der Waals surface area contributed by atoms with Crippen molar-refractivity contribution >= 4 is 5.91 Å². The molecule has 2 atom stereocenters. The van der Waals surface area contributed by atoms with E-state index in [9.17, 15) is 4.79 Å². The minimum Gasteiger partial charge on any atom is -0.497 e. The predicted molar refractivity (Wildman–Crippen MR) is 133 cm³/mol.